The molecule has 5 rings (SSSR count). The molecule has 1 N–H and O–H groups in total. The van der Waals surface area contributed by atoms with E-state index in [1.54, 1.807) is 30.8 Å². The molecule has 4 aromatic rings. The van der Waals surface area contributed by atoms with Gasteiger partial charge in [0.1, 0.15) is 5.75 Å². The van der Waals surface area contributed by atoms with Crippen LogP contribution in [0.15, 0.2) is 60.9 Å². The molecule has 0 unspecified atom stereocenters. The number of hydrogen-bond donors (Lipinski definition) is 1. The van der Waals surface area contributed by atoms with Crippen LogP contribution in [0.5, 0.6) is 11.6 Å². The Morgan fingerprint density at radius 3 is 2.77 bits per heavy atom. The number of nitrogens with one attached hydrogen (secondary N) is 1. The molecule has 31 heavy (non-hydrogen) atoms. The molecule has 2 aromatic heterocycles. The van der Waals surface area contributed by atoms with E-state index in [0.717, 1.165) is 53.0 Å². The Morgan fingerprint density at radius 1 is 1.10 bits per heavy atom. The summed E-state index contributed by atoms with van der Waals surface area (Å²) >= 11 is 1.63. The van der Waals surface area contributed by atoms with Gasteiger partial charge in [0.15, 0.2) is 10.9 Å². The quantitative estimate of drug-likeness (QED) is 0.435. The van der Waals surface area contributed by atoms with E-state index in [9.17, 15) is 0 Å². The van der Waals surface area contributed by atoms with Gasteiger partial charge in [-0.3, -0.25) is 0 Å². The molecule has 0 bridgehead atoms. The average Bonchev–Trinajstić information content (AvgIpc) is 3.42. The minimum Gasteiger partial charge on any atom is -0.436 e. The van der Waals surface area contributed by atoms with Gasteiger partial charge in [-0.1, -0.05) is 23.5 Å². The van der Waals surface area contributed by atoms with Crippen molar-refractivity contribution in [2.24, 2.45) is 5.92 Å². The highest BCUT2D eigenvalue weighted by Gasteiger charge is 2.26. The van der Waals surface area contributed by atoms with Gasteiger partial charge in [-0.15, -0.1) is 0 Å². The van der Waals surface area contributed by atoms with E-state index >= 15 is 0 Å². The van der Waals surface area contributed by atoms with Gasteiger partial charge >= 0.3 is 0 Å². The number of anilines is 3. The van der Waals surface area contributed by atoms with Crippen LogP contribution in [-0.4, -0.2) is 41.8 Å². The van der Waals surface area contributed by atoms with E-state index < -0.39 is 0 Å². The first-order valence-electron chi connectivity index (χ1n) is 10.2. The van der Waals surface area contributed by atoms with Crippen molar-refractivity contribution in [1.29, 1.82) is 0 Å². The summed E-state index contributed by atoms with van der Waals surface area (Å²) in [6, 6.07) is 15.9. The molecule has 0 saturated carbocycles. The number of hydrogen-bond acceptors (Lipinski definition) is 8. The maximum Gasteiger partial charge on any atom is 0.263 e. The highest BCUT2D eigenvalue weighted by Crippen LogP contribution is 2.33. The van der Waals surface area contributed by atoms with E-state index in [-0.39, 0.29) is 0 Å². The molecule has 1 aliphatic heterocycles. The lowest BCUT2D eigenvalue weighted by Crippen LogP contribution is -2.22. The van der Waals surface area contributed by atoms with E-state index in [0.29, 0.717) is 17.5 Å². The number of methoxy groups -OCH3 is 1. The molecule has 3 heterocycles. The summed E-state index contributed by atoms with van der Waals surface area (Å²) in [5, 5.41) is 4.23. The smallest absolute Gasteiger partial charge is 0.263 e. The highest BCUT2D eigenvalue weighted by atomic mass is 32.1. The van der Waals surface area contributed by atoms with E-state index in [2.05, 4.69) is 31.2 Å². The van der Waals surface area contributed by atoms with Gasteiger partial charge < -0.3 is 19.7 Å². The Morgan fingerprint density at radius 2 is 1.94 bits per heavy atom. The van der Waals surface area contributed by atoms with Crippen LogP contribution in [-0.2, 0) is 4.74 Å². The number of nitrogens with zero attached hydrogens (tertiary/aromatic N) is 4. The average molecular weight is 434 g/mol. The van der Waals surface area contributed by atoms with Crippen LogP contribution in [0.1, 0.15) is 6.42 Å². The fourth-order valence-electron chi connectivity index (χ4n) is 3.77. The zero-order valence-electron chi connectivity index (χ0n) is 17.2. The summed E-state index contributed by atoms with van der Waals surface area (Å²) in [5.41, 5.74) is 1.95. The maximum atomic E-state index is 6.08. The fraction of sp³-hybridized carbons (Fsp3) is 0.261. The third-order valence-corrected chi connectivity index (χ3v) is 6.20. The zero-order valence-corrected chi connectivity index (χ0v) is 18.0. The summed E-state index contributed by atoms with van der Waals surface area (Å²) < 4.78 is 12.5. The second-order valence-corrected chi connectivity index (χ2v) is 8.51. The Kier molecular flexibility index (Phi) is 5.64. The molecule has 158 valence electrons. The van der Waals surface area contributed by atoms with E-state index in [1.807, 2.05) is 42.5 Å². The first-order valence-corrected chi connectivity index (χ1v) is 11.1. The second-order valence-electron chi connectivity index (χ2n) is 7.48. The van der Waals surface area contributed by atoms with Gasteiger partial charge in [-0.2, -0.15) is 0 Å². The number of para-hydroxylation sites is 1. The van der Waals surface area contributed by atoms with Gasteiger partial charge in [0.2, 0.25) is 0 Å². The molecule has 2 aromatic carbocycles. The second kappa shape index (κ2) is 8.87. The van der Waals surface area contributed by atoms with Crippen LogP contribution < -0.4 is 15.0 Å². The van der Waals surface area contributed by atoms with E-state index in [4.69, 9.17) is 9.47 Å². The Hall–Kier alpha value is -3.23. The minimum atomic E-state index is 0.507. The Labute approximate surface area is 184 Å². The van der Waals surface area contributed by atoms with Crippen molar-refractivity contribution in [2.45, 2.75) is 6.42 Å². The van der Waals surface area contributed by atoms with Crippen LogP contribution in [0.2, 0.25) is 0 Å². The van der Waals surface area contributed by atoms with Crippen molar-refractivity contribution in [3.8, 4) is 11.6 Å². The number of aromatic nitrogens is 3. The van der Waals surface area contributed by atoms with E-state index in [1.165, 1.54) is 0 Å². The molecule has 8 heteroatoms. The molecule has 0 amide bonds. The third-order valence-electron chi connectivity index (χ3n) is 5.25. The van der Waals surface area contributed by atoms with Crippen molar-refractivity contribution < 1.29 is 9.47 Å². The summed E-state index contributed by atoms with van der Waals surface area (Å²) in [6.07, 6.45) is 4.44. The van der Waals surface area contributed by atoms with Crippen LogP contribution in [0, 0.1) is 5.92 Å². The molecular weight excluding hydrogens is 410 g/mol. The highest BCUT2D eigenvalue weighted by molar-refractivity contribution is 7.22. The van der Waals surface area contributed by atoms with Crippen LogP contribution in [0.4, 0.5) is 16.6 Å². The van der Waals surface area contributed by atoms with Gasteiger partial charge in [0.05, 0.1) is 16.8 Å². The Bertz CT molecular complexity index is 1130. The largest absolute Gasteiger partial charge is 0.436 e. The van der Waals surface area contributed by atoms with Crippen molar-refractivity contribution in [3.05, 3.63) is 60.9 Å². The lowest BCUT2D eigenvalue weighted by molar-refractivity contribution is 0.161. The molecule has 1 atom stereocenters. The van der Waals surface area contributed by atoms with Crippen molar-refractivity contribution in [1.82, 2.24) is 15.0 Å². The molecule has 7 nitrogen and oxygen atoms in total. The van der Waals surface area contributed by atoms with Gasteiger partial charge in [0, 0.05) is 44.2 Å². The number of thiazole rings is 1. The monoisotopic (exact) mass is 433 g/mol. The molecule has 1 fully saturated rings. The molecule has 1 aliphatic rings. The standard InChI is InChI=1S/C23H23N5O2S/c1-29-15-16-10-13-28(14-16)21-22(25-12-11-24-21)30-18-8-6-17(7-9-18)26-23-27-19-4-2-3-5-20(19)31-23/h2-9,11-12,16H,10,13-15H2,1H3,(H,26,27)/t16-/m1/s1. The molecule has 0 aliphatic carbocycles. The number of fused-ring (bicyclic) bond motifs is 1. The normalized spacial score (nSPS) is 16.0. The number of rotatable bonds is 7. The molecule has 0 radical (unpaired) electrons. The third kappa shape index (κ3) is 4.45. The lowest BCUT2D eigenvalue weighted by atomic mass is 10.1. The summed E-state index contributed by atoms with van der Waals surface area (Å²) in [6.45, 7) is 2.58. The van der Waals surface area contributed by atoms with Gasteiger partial charge in [-0.05, 0) is 42.8 Å². The molecular formula is C23H23N5O2S. The van der Waals surface area contributed by atoms with Crippen molar-refractivity contribution in [3.63, 3.8) is 0 Å². The van der Waals surface area contributed by atoms with Crippen molar-refractivity contribution in [2.75, 3.05) is 37.0 Å². The van der Waals surface area contributed by atoms with Crippen LogP contribution in [0.3, 0.4) is 0 Å². The Balaban J connectivity index is 1.28. The van der Waals surface area contributed by atoms with Gasteiger partial charge in [0.25, 0.3) is 5.88 Å². The van der Waals surface area contributed by atoms with Crippen LogP contribution in [0.25, 0.3) is 10.2 Å². The molecule has 1 saturated heterocycles. The summed E-state index contributed by atoms with van der Waals surface area (Å²) in [4.78, 5) is 15.8. The number of benzene rings is 2. The van der Waals surface area contributed by atoms with Crippen molar-refractivity contribution >= 4 is 38.2 Å². The topological polar surface area (TPSA) is 72.4 Å². The summed E-state index contributed by atoms with van der Waals surface area (Å²) in [7, 11) is 1.74. The van der Waals surface area contributed by atoms with Gasteiger partial charge in [-0.25, -0.2) is 15.0 Å². The minimum absolute atomic E-state index is 0.507. The number of ether oxygens (including phenoxy) is 2. The predicted molar refractivity (Wildman–Crippen MR) is 124 cm³/mol. The first kappa shape index (κ1) is 19.7. The zero-order chi connectivity index (χ0) is 21.0. The SMILES string of the molecule is COC[C@@H]1CCN(c2nccnc2Oc2ccc(Nc3nc4ccccc4s3)cc2)C1. The lowest BCUT2D eigenvalue weighted by Gasteiger charge is -2.19. The predicted octanol–water partition coefficient (Wildman–Crippen LogP) is 5.09. The summed E-state index contributed by atoms with van der Waals surface area (Å²) in [5.74, 6) is 2.52. The fourth-order valence-corrected chi connectivity index (χ4v) is 4.66. The van der Waals surface area contributed by atoms with Crippen LogP contribution >= 0.6 is 11.3 Å². The molecule has 0 spiro atoms. The first-order chi connectivity index (χ1) is 15.3. The maximum absolute atomic E-state index is 6.08.